The van der Waals surface area contributed by atoms with Gasteiger partial charge in [0.2, 0.25) is 0 Å². The van der Waals surface area contributed by atoms with Crippen molar-refractivity contribution >= 4 is 40.8 Å². The van der Waals surface area contributed by atoms with Crippen molar-refractivity contribution in [2.45, 2.75) is 25.1 Å². The minimum absolute atomic E-state index is 0.211. The second-order valence-electron chi connectivity index (χ2n) is 2.83. The molecule has 0 aromatic heterocycles. The maximum absolute atomic E-state index is 9.82. The summed E-state index contributed by atoms with van der Waals surface area (Å²) in [5.41, 5.74) is 1.32. The van der Waals surface area contributed by atoms with Crippen LogP contribution in [0.25, 0.3) is 0 Å². The number of hydrogen-bond donors (Lipinski definition) is 0. The number of rotatable bonds is 1. The third kappa shape index (κ3) is 25.7. The van der Waals surface area contributed by atoms with E-state index in [-0.39, 0.29) is 5.97 Å². The number of benzene rings is 1. The predicted molar refractivity (Wildman–Crippen MR) is 74.8 cm³/mol. The topological polar surface area (TPSA) is 26.3 Å². The van der Waals surface area contributed by atoms with E-state index in [2.05, 4.69) is 23.8 Å². The molecule has 1 aromatic rings. The van der Waals surface area contributed by atoms with E-state index in [4.69, 9.17) is 34.8 Å². The van der Waals surface area contributed by atoms with Crippen LogP contribution in [0, 0.1) is 6.92 Å². The number of aryl methyl sites for hydroxylation is 1. The number of carbonyl (C=O) groups excluding carboxylic acids is 1. The average molecular weight is 300 g/mol. The molecule has 0 saturated carbocycles. The number of esters is 1. The fourth-order valence-corrected chi connectivity index (χ4v) is 0.738. The highest BCUT2D eigenvalue weighted by atomic mass is 35.6. The lowest BCUT2D eigenvalue weighted by molar-refractivity contribution is -0.140. The van der Waals surface area contributed by atoms with Crippen molar-refractivity contribution in [3.8, 4) is 0 Å². The predicted octanol–water partition coefficient (Wildman–Crippen LogP) is 4.55. The molecule has 0 spiro atoms. The Balaban J connectivity index is 0. The Morgan fingerprint density at radius 3 is 1.76 bits per heavy atom. The van der Waals surface area contributed by atoms with Crippen LogP contribution in [-0.2, 0) is 9.53 Å². The van der Waals surface area contributed by atoms with Gasteiger partial charge in [0.05, 0.1) is 6.61 Å². The standard InChI is InChI=1S/C7H8.C4H8O2.CHCl3/c1-7-5-3-2-4-6-7;1-3-6-4(2)5;2-1(3)4/h2-6H,1H3;3H2,1-2H3;1H. The van der Waals surface area contributed by atoms with Crippen molar-refractivity contribution in [3.05, 3.63) is 35.9 Å². The van der Waals surface area contributed by atoms with Crippen molar-refractivity contribution in [1.82, 2.24) is 0 Å². The van der Waals surface area contributed by atoms with Crippen LogP contribution in [0.1, 0.15) is 19.4 Å². The van der Waals surface area contributed by atoms with E-state index < -0.39 is 4.30 Å². The summed E-state index contributed by atoms with van der Waals surface area (Å²) in [5, 5.41) is 0. The van der Waals surface area contributed by atoms with Gasteiger partial charge >= 0.3 is 5.97 Å². The van der Waals surface area contributed by atoms with Crippen LogP contribution in [0.5, 0.6) is 0 Å². The summed E-state index contributed by atoms with van der Waals surface area (Å²) in [6.45, 7) is 5.74. The molecule has 0 fully saturated rings. The van der Waals surface area contributed by atoms with E-state index >= 15 is 0 Å². The Morgan fingerprint density at radius 2 is 1.65 bits per heavy atom. The smallest absolute Gasteiger partial charge is 0.302 e. The summed E-state index contributed by atoms with van der Waals surface area (Å²) in [6, 6.07) is 10.3. The van der Waals surface area contributed by atoms with Crippen LogP contribution >= 0.6 is 34.8 Å². The summed E-state index contributed by atoms with van der Waals surface area (Å²) in [7, 11) is 0. The lowest BCUT2D eigenvalue weighted by Gasteiger charge is -1.89. The largest absolute Gasteiger partial charge is 0.466 e. The van der Waals surface area contributed by atoms with E-state index in [1.807, 2.05) is 18.2 Å². The average Bonchev–Trinajstić information content (AvgIpc) is 2.18. The van der Waals surface area contributed by atoms with Gasteiger partial charge in [-0.15, -0.1) is 0 Å². The highest BCUT2D eigenvalue weighted by molar-refractivity contribution is 6.63. The number of ether oxygens (including phenoxy) is 1. The highest BCUT2D eigenvalue weighted by Gasteiger charge is 1.81. The van der Waals surface area contributed by atoms with Gasteiger partial charge in [0.15, 0.2) is 4.30 Å². The van der Waals surface area contributed by atoms with Crippen LogP contribution in [0.4, 0.5) is 0 Å². The lowest BCUT2D eigenvalue weighted by Crippen LogP contribution is -1.95. The van der Waals surface area contributed by atoms with Crippen LogP contribution < -0.4 is 0 Å². The van der Waals surface area contributed by atoms with E-state index in [1.165, 1.54) is 12.5 Å². The molecule has 0 radical (unpaired) electrons. The molecular weight excluding hydrogens is 282 g/mol. The zero-order chi connectivity index (χ0) is 13.7. The first kappa shape index (κ1) is 18.9. The maximum Gasteiger partial charge on any atom is 0.302 e. The van der Waals surface area contributed by atoms with Crippen molar-refractivity contribution < 1.29 is 9.53 Å². The monoisotopic (exact) mass is 298 g/mol. The Hall–Kier alpha value is -0.440. The Labute approximate surface area is 118 Å². The van der Waals surface area contributed by atoms with Crippen molar-refractivity contribution in [3.63, 3.8) is 0 Å². The van der Waals surface area contributed by atoms with Crippen molar-refractivity contribution in [2.75, 3.05) is 6.61 Å². The summed E-state index contributed by atoms with van der Waals surface area (Å²) in [5.74, 6) is -0.211. The van der Waals surface area contributed by atoms with Gasteiger partial charge in [0.1, 0.15) is 0 Å². The second kappa shape index (κ2) is 13.6. The molecule has 0 amide bonds. The van der Waals surface area contributed by atoms with E-state index in [0.717, 1.165) is 0 Å². The molecule has 0 aliphatic heterocycles. The molecule has 0 aliphatic carbocycles. The van der Waals surface area contributed by atoms with Gasteiger partial charge in [-0.25, -0.2) is 0 Å². The SMILES string of the molecule is CCOC(C)=O.Cc1ccccc1.ClC(Cl)Cl. The highest BCUT2D eigenvalue weighted by Crippen LogP contribution is 2.03. The van der Waals surface area contributed by atoms with Gasteiger partial charge in [-0.3, -0.25) is 4.79 Å². The quantitative estimate of drug-likeness (QED) is 0.561. The molecule has 0 saturated heterocycles. The fraction of sp³-hybridized carbons (Fsp3) is 0.417. The normalized spacial score (nSPS) is 8.41. The van der Waals surface area contributed by atoms with Crippen molar-refractivity contribution in [2.24, 2.45) is 0 Å². The van der Waals surface area contributed by atoms with E-state index in [1.54, 1.807) is 6.92 Å². The number of hydrogen-bond acceptors (Lipinski definition) is 2. The minimum Gasteiger partial charge on any atom is -0.466 e. The van der Waals surface area contributed by atoms with Crippen LogP contribution in [0.3, 0.4) is 0 Å². The third-order valence-electron chi connectivity index (χ3n) is 1.29. The molecule has 1 rings (SSSR count). The molecule has 0 aliphatic rings. The molecule has 98 valence electrons. The Morgan fingerprint density at radius 1 is 1.24 bits per heavy atom. The van der Waals surface area contributed by atoms with E-state index in [0.29, 0.717) is 6.61 Å². The lowest BCUT2D eigenvalue weighted by atomic mass is 10.2. The Kier molecular flexibility index (Phi) is 15.2. The van der Waals surface area contributed by atoms with Gasteiger partial charge in [-0.05, 0) is 13.8 Å². The molecule has 0 atom stereocenters. The maximum atomic E-state index is 9.82. The number of alkyl halides is 3. The summed E-state index contributed by atoms with van der Waals surface area (Å²) in [4.78, 5) is 9.82. The second-order valence-corrected chi connectivity index (χ2v) is 4.81. The van der Waals surface area contributed by atoms with Crippen LogP contribution in [0.2, 0.25) is 0 Å². The summed E-state index contributed by atoms with van der Waals surface area (Å²) >= 11 is 14.4. The first-order chi connectivity index (χ1) is 7.90. The van der Waals surface area contributed by atoms with Crippen LogP contribution in [0.15, 0.2) is 30.3 Å². The van der Waals surface area contributed by atoms with Gasteiger partial charge in [-0.2, -0.15) is 0 Å². The Bertz CT molecular complexity index is 274. The molecule has 1 aromatic carbocycles. The molecule has 0 unspecified atom stereocenters. The first-order valence-corrected chi connectivity index (χ1v) is 6.28. The summed E-state index contributed by atoms with van der Waals surface area (Å²) in [6.07, 6.45) is 0. The zero-order valence-corrected chi connectivity index (χ0v) is 12.4. The minimum atomic E-state index is -0.750. The van der Waals surface area contributed by atoms with E-state index in [9.17, 15) is 4.79 Å². The number of halogens is 3. The summed E-state index contributed by atoms with van der Waals surface area (Å²) < 4.78 is 3.65. The molecular formula is C12H17Cl3O2. The zero-order valence-electron chi connectivity index (χ0n) is 10.1. The van der Waals surface area contributed by atoms with Gasteiger partial charge in [-0.1, -0.05) is 70.7 Å². The van der Waals surface area contributed by atoms with Gasteiger partial charge in [0.25, 0.3) is 0 Å². The van der Waals surface area contributed by atoms with Gasteiger partial charge < -0.3 is 4.74 Å². The third-order valence-corrected chi connectivity index (χ3v) is 1.29. The molecule has 2 nitrogen and oxygen atoms in total. The fourth-order valence-electron chi connectivity index (χ4n) is 0.738. The van der Waals surface area contributed by atoms with Crippen LogP contribution in [-0.4, -0.2) is 16.9 Å². The number of carbonyl (C=O) groups is 1. The van der Waals surface area contributed by atoms with Crippen molar-refractivity contribution in [1.29, 1.82) is 0 Å². The van der Waals surface area contributed by atoms with Gasteiger partial charge in [0, 0.05) is 6.92 Å². The molecule has 0 heterocycles. The molecule has 5 heteroatoms. The molecule has 17 heavy (non-hydrogen) atoms. The molecule has 0 bridgehead atoms. The molecule has 0 N–H and O–H groups in total. The first-order valence-electron chi connectivity index (χ1n) is 4.97.